The molecule has 0 saturated carbocycles. The predicted octanol–water partition coefficient (Wildman–Crippen LogP) is 6.06. The lowest BCUT2D eigenvalue weighted by Crippen LogP contribution is -2.21. The van der Waals surface area contributed by atoms with Gasteiger partial charge in [-0.15, -0.1) is 0 Å². The van der Waals surface area contributed by atoms with Gasteiger partial charge in [-0.1, -0.05) is 60.6 Å². The molecule has 1 aromatic heterocycles. The quantitative estimate of drug-likeness (QED) is 0.155. The van der Waals surface area contributed by atoms with E-state index in [1.807, 2.05) is 24.3 Å². The molecule has 0 fully saturated rings. The number of nitrogens with zero attached hydrogens (tertiary/aromatic N) is 3. The smallest absolute Gasteiger partial charge is 0.436 e. The molecule has 0 unspecified atom stereocenters. The first kappa shape index (κ1) is 29.9. The Kier molecular flexibility index (Phi) is 10.5. The maximum atomic E-state index is 12.9. The number of esters is 1. The third kappa shape index (κ3) is 8.72. The molecular formula is C28H33N3O9. The van der Waals surface area contributed by atoms with E-state index in [0.717, 1.165) is 15.8 Å². The average molecular weight is 556 g/mol. The van der Waals surface area contributed by atoms with Crippen LogP contribution in [0.15, 0.2) is 48.5 Å². The summed E-state index contributed by atoms with van der Waals surface area (Å²) in [5.74, 6) is -0.420. The van der Waals surface area contributed by atoms with Crippen LogP contribution in [0.3, 0.4) is 0 Å². The maximum absolute atomic E-state index is 12.9. The minimum atomic E-state index is -1.01. The van der Waals surface area contributed by atoms with E-state index >= 15 is 0 Å². The Balaban J connectivity index is 1.75. The first-order chi connectivity index (χ1) is 19.0. The molecule has 0 amide bonds. The van der Waals surface area contributed by atoms with Crippen LogP contribution in [-0.2, 0) is 30.4 Å². The minimum absolute atomic E-state index is 0.218. The molecule has 0 radical (unpaired) electrons. The van der Waals surface area contributed by atoms with Gasteiger partial charge in [-0.2, -0.15) is 4.68 Å². The largest absolute Gasteiger partial charge is 0.511 e. The van der Waals surface area contributed by atoms with Crippen molar-refractivity contribution in [3.05, 3.63) is 59.8 Å². The molecule has 0 aliphatic carbocycles. The van der Waals surface area contributed by atoms with E-state index in [1.54, 1.807) is 39.8 Å². The summed E-state index contributed by atoms with van der Waals surface area (Å²) >= 11 is 0. The van der Waals surface area contributed by atoms with Gasteiger partial charge in [-0.05, 0) is 62.4 Å². The Morgan fingerprint density at radius 3 is 1.85 bits per heavy atom. The highest BCUT2D eigenvalue weighted by Gasteiger charge is 2.26. The van der Waals surface area contributed by atoms with Gasteiger partial charge in [0.2, 0.25) is 12.5 Å². The van der Waals surface area contributed by atoms with Crippen molar-refractivity contribution < 1.29 is 42.8 Å². The first-order valence-corrected chi connectivity index (χ1v) is 12.7. The maximum Gasteiger partial charge on any atom is 0.511 e. The topological polar surface area (TPSA) is 137 Å². The summed E-state index contributed by atoms with van der Waals surface area (Å²) in [5, 5.41) is 7.72. The number of aromatic nitrogens is 3. The van der Waals surface area contributed by atoms with Crippen LogP contribution < -0.4 is 4.74 Å². The van der Waals surface area contributed by atoms with Gasteiger partial charge in [0.25, 0.3) is 5.88 Å². The number of hydrogen-bond acceptors (Lipinski definition) is 11. The average Bonchev–Trinajstić information content (AvgIpc) is 3.29. The Morgan fingerprint density at radius 2 is 1.30 bits per heavy atom. The summed E-state index contributed by atoms with van der Waals surface area (Å²) < 4.78 is 31.3. The minimum Gasteiger partial charge on any atom is -0.436 e. The van der Waals surface area contributed by atoms with E-state index in [2.05, 4.69) is 36.3 Å². The molecule has 214 valence electrons. The van der Waals surface area contributed by atoms with Gasteiger partial charge in [0, 0.05) is 0 Å². The zero-order valence-electron chi connectivity index (χ0n) is 23.3. The Morgan fingerprint density at radius 1 is 0.750 bits per heavy atom. The number of carbonyl (C=O) groups is 3. The second kappa shape index (κ2) is 14.0. The molecule has 0 bridgehead atoms. The van der Waals surface area contributed by atoms with E-state index in [9.17, 15) is 14.4 Å². The Bertz CT molecular complexity index is 1280. The molecule has 0 saturated heterocycles. The van der Waals surface area contributed by atoms with E-state index < -0.39 is 44.0 Å². The molecular weight excluding hydrogens is 522 g/mol. The van der Waals surface area contributed by atoms with E-state index in [1.165, 1.54) is 5.56 Å². The molecule has 3 rings (SSSR count). The van der Waals surface area contributed by atoms with E-state index in [0.29, 0.717) is 11.7 Å². The number of ether oxygens (including phenoxy) is 6. The van der Waals surface area contributed by atoms with Crippen molar-refractivity contribution in [1.82, 2.24) is 15.0 Å². The molecule has 0 aliphatic rings. The molecule has 12 heteroatoms. The number of rotatable bonds is 11. The van der Waals surface area contributed by atoms with Crippen LogP contribution in [-0.4, -0.2) is 52.3 Å². The fourth-order valence-electron chi connectivity index (χ4n) is 3.30. The number of hydrogen-bond donors (Lipinski definition) is 0. The van der Waals surface area contributed by atoms with Gasteiger partial charge in [0.05, 0.1) is 12.2 Å². The van der Waals surface area contributed by atoms with Gasteiger partial charge in [0.1, 0.15) is 5.75 Å². The van der Waals surface area contributed by atoms with Gasteiger partial charge < -0.3 is 28.4 Å². The van der Waals surface area contributed by atoms with Gasteiger partial charge in [-0.25, -0.2) is 14.4 Å². The molecule has 0 atom stereocenters. The normalized spacial score (nSPS) is 10.9. The molecule has 3 aromatic rings. The lowest BCUT2D eigenvalue weighted by molar-refractivity contribution is -0.0360. The fraction of sp³-hybridized carbons (Fsp3) is 0.393. The van der Waals surface area contributed by atoms with Crippen molar-refractivity contribution in [2.75, 3.05) is 6.79 Å². The first-order valence-electron chi connectivity index (χ1n) is 12.7. The SMILES string of the molecule is CC(C)OC(=O)OCOC(=O)c1c(Oc2ccc(-c3ccc(C(C)C)cc3)cc2)nnn1COC(=O)OC(C)C. The zero-order valence-corrected chi connectivity index (χ0v) is 23.3. The molecule has 0 spiro atoms. The highest BCUT2D eigenvalue weighted by atomic mass is 16.8. The predicted molar refractivity (Wildman–Crippen MR) is 142 cm³/mol. The van der Waals surface area contributed by atoms with Crippen LogP contribution in [0.4, 0.5) is 9.59 Å². The van der Waals surface area contributed by atoms with Crippen molar-refractivity contribution in [3.8, 4) is 22.8 Å². The third-order valence-electron chi connectivity index (χ3n) is 5.21. The van der Waals surface area contributed by atoms with Crippen LogP contribution >= 0.6 is 0 Å². The molecule has 0 N–H and O–H groups in total. The molecule has 1 heterocycles. The van der Waals surface area contributed by atoms with Gasteiger partial charge >= 0.3 is 18.3 Å². The Hall–Kier alpha value is -4.61. The Labute approximate surface area is 232 Å². The number of carbonyl (C=O) groups excluding carboxylic acids is 3. The summed E-state index contributed by atoms with van der Waals surface area (Å²) in [6, 6.07) is 15.4. The summed E-state index contributed by atoms with van der Waals surface area (Å²) in [4.78, 5) is 36.3. The van der Waals surface area contributed by atoms with Crippen LogP contribution in [0.5, 0.6) is 11.6 Å². The summed E-state index contributed by atoms with van der Waals surface area (Å²) in [7, 11) is 0. The second-order valence-corrected chi connectivity index (χ2v) is 9.45. The van der Waals surface area contributed by atoms with Crippen LogP contribution in [0.25, 0.3) is 11.1 Å². The van der Waals surface area contributed by atoms with Crippen LogP contribution in [0.2, 0.25) is 0 Å². The monoisotopic (exact) mass is 555 g/mol. The van der Waals surface area contributed by atoms with Crippen molar-refractivity contribution in [2.45, 2.75) is 66.4 Å². The molecule has 12 nitrogen and oxygen atoms in total. The highest BCUT2D eigenvalue weighted by molar-refractivity contribution is 5.90. The van der Waals surface area contributed by atoms with Crippen LogP contribution in [0.1, 0.15) is 63.5 Å². The summed E-state index contributed by atoms with van der Waals surface area (Å²) in [6.07, 6.45) is -2.80. The van der Waals surface area contributed by atoms with Crippen molar-refractivity contribution >= 4 is 18.3 Å². The van der Waals surface area contributed by atoms with Crippen molar-refractivity contribution in [1.29, 1.82) is 0 Å². The van der Waals surface area contributed by atoms with E-state index in [-0.39, 0.29) is 11.6 Å². The third-order valence-corrected chi connectivity index (χ3v) is 5.21. The molecule has 40 heavy (non-hydrogen) atoms. The lowest BCUT2D eigenvalue weighted by Gasteiger charge is -2.12. The fourth-order valence-corrected chi connectivity index (χ4v) is 3.30. The summed E-state index contributed by atoms with van der Waals surface area (Å²) in [6.45, 7) is 9.60. The van der Waals surface area contributed by atoms with Gasteiger partial charge in [-0.3, -0.25) is 0 Å². The standard InChI is InChI=1S/C28H33N3O9/c1-17(2)20-7-9-21(10-8-20)22-11-13-23(14-12-22)40-25-24(26(32)36-16-37-28(34)39-19(5)6)31(30-29-25)15-35-27(33)38-18(3)4/h7-14,17-19H,15-16H2,1-6H3. The molecule has 2 aromatic carbocycles. The molecule has 0 aliphatic heterocycles. The van der Waals surface area contributed by atoms with Gasteiger partial charge in [0.15, 0.2) is 6.73 Å². The second-order valence-electron chi connectivity index (χ2n) is 9.45. The lowest BCUT2D eigenvalue weighted by atomic mass is 9.99. The van der Waals surface area contributed by atoms with Crippen molar-refractivity contribution in [2.24, 2.45) is 0 Å². The highest BCUT2D eigenvalue weighted by Crippen LogP contribution is 2.28. The summed E-state index contributed by atoms with van der Waals surface area (Å²) in [5.41, 5.74) is 2.96. The number of benzene rings is 2. The van der Waals surface area contributed by atoms with Crippen LogP contribution in [0, 0.1) is 0 Å². The van der Waals surface area contributed by atoms with Crippen molar-refractivity contribution in [3.63, 3.8) is 0 Å². The van der Waals surface area contributed by atoms with E-state index in [4.69, 9.17) is 28.4 Å². The zero-order chi connectivity index (χ0) is 29.2.